The molecule has 0 spiro atoms. The number of benzene rings is 4. The zero-order valence-corrected chi connectivity index (χ0v) is 22.6. The molecule has 0 fully saturated rings. The molecule has 11 nitrogen and oxygen atoms in total. The first-order valence-corrected chi connectivity index (χ1v) is 13.2. The predicted octanol–water partition coefficient (Wildman–Crippen LogP) is 5.58. The number of amides is 4. The Bertz CT molecular complexity index is 1690. The van der Waals surface area contributed by atoms with E-state index in [4.69, 9.17) is 0 Å². The van der Waals surface area contributed by atoms with Crippen LogP contribution >= 0.6 is 0 Å². The molecule has 5 N–H and O–H groups in total. The predicted molar refractivity (Wildman–Crippen MR) is 162 cm³/mol. The summed E-state index contributed by atoms with van der Waals surface area (Å²) in [4.78, 5) is 51.1. The molecule has 0 unspecified atom stereocenters. The van der Waals surface area contributed by atoms with E-state index in [1.54, 1.807) is 72.8 Å². The average Bonchev–Trinajstić information content (AvgIpc) is 3.40. The Balaban J connectivity index is 1.38. The molecule has 5 rings (SSSR count). The maximum absolute atomic E-state index is 13.3. The number of hydrogen-bond acceptors (Lipinski definition) is 5. The number of hydrogen-bond donors (Lipinski definition) is 5. The highest BCUT2D eigenvalue weighted by molar-refractivity contribution is 6.15. The number of nitrogens with zero attached hydrogens (tertiary/aromatic N) is 2. The van der Waals surface area contributed by atoms with E-state index in [2.05, 4.69) is 26.4 Å². The summed E-state index contributed by atoms with van der Waals surface area (Å²) in [6, 6.07) is 32.5. The lowest BCUT2D eigenvalue weighted by molar-refractivity contribution is -0.126. The fourth-order valence-corrected chi connectivity index (χ4v) is 4.29. The topological polar surface area (TPSA) is 154 Å². The molecule has 0 saturated heterocycles. The van der Waals surface area contributed by atoms with Crippen molar-refractivity contribution in [1.82, 2.24) is 9.78 Å². The highest BCUT2D eigenvalue weighted by atomic mass is 16.4. The average molecular weight is 575 g/mol. The standard InChI is InChI=1S/C32H26N6O5/c39-29(36-28-26(35-32(42)43)20-38(37-28)25-14-8-3-9-15-25)22-18-16-21(17-19-22)27(30(40)33-23-10-4-1-5-11-23)31(41)34-24-12-6-2-7-13-24/h1-20,27,35H,(H,33,40)(H,34,41)(H,42,43)(H,36,37,39). The maximum atomic E-state index is 13.3. The zero-order valence-electron chi connectivity index (χ0n) is 22.6. The Hall–Kier alpha value is -6.23. The van der Waals surface area contributed by atoms with Crippen LogP contribution in [0.1, 0.15) is 21.8 Å². The molecule has 11 heteroatoms. The molecule has 0 aliphatic heterocycles. The van der Waals surface area contributed by atoms with Crippen molar-refractivity contribution in [3.63, 3.8) is 0 Å². The molecule has 0 aliphatic carbocycles. The Morgan fingerprint density at radius 1 is 0.628 bits per heavy atom. The van der Waals surface area contributed by atoms with Gasteiger partial charge in [0.1, 0.15) is 11.6 Å². The van der Waals surface area contributed by atoms with Crippen molar-refractivity contribution in [3.05, 3.63) is 133 Å². The van der Waals surface area contributed by atoms with Gasteiger partial charge in [-0.05, 0) is 54.1 Å². The van der Waals surface area contributed by atoms with E-state index in [1.165, 1.54) is 35.1 Å². The number of carboxylic acid groups (broad SMARTS) is 1. The van der Waals surface area contributed by atoms with Crippen LogP contribution in [0.5, 0.6) is 0 Å². The molecule has 0 bridgehead atoms. The minimum absolute atomic E-state index is 0.00249. The van der Waals surface area contributed by atoms with Crippen molar-refractivity contribution < 1.29 is 24.3 Å². The van der Waals surface area contributed by atoms with Gasteiger partial charge in [0.25, 0.3) is 5.91 Å². The van der Waals surface area contributed by atoms with Crippen LogP contribution in [0.4, 0.5) is 27.7 Å². The van der Waals surface area contributed by atoms with E-state index >= 15 is 0 Å². The monoisotopic (exact) mass is 574 g/mol. The molecule has 1 heterocycles. The quantitative estimate of drug-likeness (QED) is 0.145. The summed E-state index contributed by atoms with van der Waals surface area (Å²) in [7, 11) is 0. The van der Waals surface area contributed by atoms with Gasteiger partial charge in [0, 0.05) is 16.9 Å². The molecule has 0 atom stereocenters. The van der Waals surface area contributed by atoms with Gasteiger partial charge < -0.3 is 21.1 Å². The van der Waals surface area contributed by atoms with E-state index in [0.717, 1.165) is 0 Å². The van der Waals surface area contributed by atoms with Gasteiger partial charge in [-0.2, -0.15) is 0 Å². The highest BCUT2D eigenvalue weighted by Gasteiger charge is 2.29. The minimum Gasteiger partial charge on any atom is -0.465 e. The largest absolute Gasteiger partial charge is 0.465 e. The fraction of sp³-hybridized carbons (Fsp3) is 0.0312. The van der Waals surface area contributed by atoms with Crippen LogP contribution in [0.2, 0.25) is 0 Å². The highest BCUT2D eigenvalue weighted by Crippen LogP contribution is 2.25. The lowest BCUT2D eigenvalue weighted by Gasteiger charge is -2.18. The van der Waals surface area contributed by atoms with Crippen LogP contribution in [0.15, 0.2) is 121 Å². The van der Waals surface area contributed by atoms with E-state index < -0.39 is 29.7 Å². The van der Waals surface area contributed by atoms with Crippen LogP contribution in [0.25, 0.3) is 5.69 Å². The lowest BCUT2D eigenvalue weighted by atomic mass is 9.95. The number of anilines is 4. The normalized spacial score (nSPS) is 10.5. The molecule has 5 aromatic rings. The van der Waals surface area contributed by atoms with Gasteiger partial charge in [-0.15, -0.1) is 5.10 Å². The van der Waals surface area contributed by atoms with Crippen molar-refractivity contribution in [2.75, 3.05) is 21.3 Å². The van der Waals surface area contributed by atoms with Crippen molar-refractivity contribution >= 4 is 46.7 Å². The second-order valence-corrected chi connectivity index (χ2v) is 9.32. The fourth-order valence-electron chi connectivity index (χ4n) is 4.29. The summed E-state index contributed by atoms with van der Waals surface area (Å²) in [5.74, 6) is -2.90. The third kappa shape index (κ3) is 7.11. The van der Waals surface area contributed by atoms with Crippen molar-refractivity contribution in [1.29, 1.82) is 0 Å². The Morgan fingerprint density at radius 2 is 1.14 bits per heavy atom. The van der Waals surface area contributed by atoms with Crippen LogP contribution in [0, 0.1) is 0 Å². The molecule has 0 radical (unpaired) electrons. The molecule has 43 heavy (non-hydrogen) atoms. The van der Waals surface area contributed by atoms with Crippen molar-refractivity contribution in [2.45, 2.75) is 5.92 Å². The summed E-state index contributed by atoms with van der Waals surface area (Å²) < 4.78 is 1.44. The maximum Gasteiger partial charge on any atom is 0.409 e. The third-order valence-corrected chi connectivity index (χ3v) is 6.32. The second kappa shape index (κ2) is 13.0. The number of carbonyl (C=O) groups excluding carboxylic acids is 3. The zero-order chi connectivity index (χ0) is 30.2. The lowest BCUT2D eigenvalue weighted by Crippen LogP contribution is -2.32. The van der Waals surface area contributed by atoms with Crippen molar-refractivity contribution in [3.8, 4) is 5.69 Å². The molecule has 214 valence electrons. The molecule has 4 amide bonds. The molecule has 0 aliphatic rings. The van der Waals surface area contributed by atoms with Crippen LogP contribution in [-0.4, -0.2) is 38.7 Å². The van der Waals surface area contributed by atoms with Gasteiger partial charge in [-0.3, -0.25) is 19.7 Å². The van der Waals surface area contributed by atoms with Crippen LogP contribution < -0.4 is 21.3 Å². The van der Waals surface area contributed by atoms with Gasteiger partial charge in [0.05, 0.1) is 11.9 Å². The first kappa shape index (κ1) is 28.3. The van der Waals surface area contributed by atoms with Gasteiger partial charge in [0.15, 0.2) is 5.82 Å². The molecular weight excluding hydrogens is 548 g/mol. The minimum atomic E-state index is -1.32. The van der Waals surface area contributed by atoms with Gasteiger partial charge >= 0.3 is 6.09 Å². The van der Waals surface area contributed by atoms with E-state index in [9.17, 15) is 24.3 Å². The molecular formula is C32H26N6O5. The number of nitrogens with one attached hydrogen (secondary N) is 4. The molecule has 1 aromatic heterocycles. The summed E-state index contributed by atoms with van der Waals surface area (Å²) in [5.41, 5.74) is 2.36. The SMILES string of the molecule is O=C(O)Nc1cn(-c2ccccc2)nc1NC(=O)c1ccc(C(C(=O)Nc2ccccc2)C(=O)Nc2ccccc2)cc1. The number of para-hydroxylation sites is 3. The van der Waals surface area contributed by atoms with Crippen LogP contribution in [-0.2, 0) is 9.59 Å². The summed E-state index contributed by atoms with van der Waals surface area (Å²) >= 11 is 0. The Labute approximate surface area is 246 Å². The van der Waals surface area contributed by atoms with Crippen LogP contribution in [0.3, 0.4) is 0 Å². The first-order valence-electron chi connectivity index (χ1n) is 13.2. The smallest absolute Gasteiger partial charge is 0.409 e. The number of aromatic nitrogens is 2. The second-order valence-electron chi connectivity index (χ2n) is 9.32. The Kier molecular flexibility index (Phi) is 8.53. The molecule has 4 aromatic carbocycles. The summed E-state index contributed by atoms with van der Waals surface area (Å²) in [5, 5.41) is 24.0. The van der Waals surface area contributed by atoms with Gasteiger partial charge in [0.2, 0.25) is 11.8 Å². The summed E-state index contributed by atoms with van der Waals surface area (Å²) in [6.45, 7) is 0. The number of carbonyl (C=O) groups is 4. The van der Waals surface area contributed by atoms with E-state index in [1.807, 2.05) is 18.2 Å². The van der Waals surface area contributed by atoms with Crippen molar-refractivity contribution in [2.24, 2.45) is 0 Å². The third-order valence-electron chi connectivity index (χ3n) is 6.32. The van der Waals surface area contributed by atoms with E-state index in [-0.39, 0.29) is 17.1 Å². The van der Waals surface area contributed by atoms with Gasteiger partial charge in [-0.25, -0.2) is 9.48 Å². The molecule has 0 saturated carbocycles. The Morgan fingerprint density at radius 3 is 1.65 bits per heavy atom. The number of rotatable bonds is 9. The van der Waals surface area contributed by atoms with Gasteiger partial charge in [-0.1, -0.05) is 66.7 Å². The van der Waals surface area contributed by atoms with E-state index in [0.29, 0.717) is 22.6 Å². The first-order chi connectivity index (χ1) is 20.9. The summed E-state index contributed by atoms with van der Waals surface area (Å²) in [6.07, 6.45) is 0.129.